The van der Waals surface area contributed by atoms with Crippen LogP contribution in [0.5, 0.6) is 0 Å². The van der Waals surface area contributed by atoms with Gasteiger partial charge in [0.1, 0.15) is 6.10 Å². The summed E-state index contributed by atoms with van der Waals surface area (Å²) in [5.41, 5.74) is 5.39. The van der Waals surface area contributed by atoms with Crippen molar-refractivity contribution in [1.82, 2.24) is 0 Å². The van der Waals surface area contributed by atoms with Crippen molar-refractivity contribution in [2.45, 2.75) is 277 Å². The topological polar surface area (TPSA) is 117 Å². The second kappa shape index (κ2) is 49.3. The van der Waals surface area contributed by atoms with E-state index in [4.69, 9.17) is 24.3 Å². The summed E-state index contributed by atoms with van der Waals surface area (Å²) in [6.07, 6.45) is 55.4. The smallest absolute Gasteiger partial charge is 0.457 e. The van der Waals surface area contributed by atoms with Crippen LogP contribution < -0.4 is 5.73 Å². The lowest BCUT2D eigenvalue weighted by Crippen LogP contribution is -2.28. The van der Waals surface area contributed by atoms with Gasteiger partial charge in [-0.1, -0.05) is 238 Å². The normalized spacial score (nSPS) is 13.3. The van der Waals surface area contributed by atoms with Crippen LogP contribution in [-0.4, -0.2) is 49.9 Å². The quantitative estimate of drug-likeness (QED) is 0.0269. The molecule has 3 N–H and O–H groups in total. The highest BCUT2D eigenvalue weighted by molar-refractivity contribution is 7.47. The third-order valence-corrected chi connectivity index (χ3v) is 12.7. The van der Waals surface area contributed by atoms with Gasteiger partial charge in [0.15, 0.2) is 0 Å². The van der Waals surface area contributed by atoms with Gasteiger partial charge in [-0.3, -0.25) is 13.8 Å². The lowest BCUT2D eigenvalue weighted by Gasteiger charge is -2.20. The zero-order chi connectivity index (χ0) is 43.7. The van der Waals surface area contributed by atoms with Gasteiger partial charge in [0.2, 0.25) is 0 Å². The zero-order valence-corrected chi connectivity index (χ0v) is 40.9. The van der Waals surface area contributed by atoms with Crippen molar-refractivity contribution < 1.29 is 32.8 Å². The average molecular weight is 872 g/mol. The molecular weight excluding hydrogens is 770 g/mol. The number of hydrogen-bond donors (Lipinski definition) is 2. The van der Waals surface area contributed by atoms with Crippen molar-refractivity contribution in [2.75, 3.05) is 33.0 Å². The molecular formula is C51H102NO7P. The standard InChI is InChI=1S/C51H102NO7P/c1-3-5-7-9-11-13-15-17-19-20-21-22-23-24-25-26-27-28-29-31-33-35-37-39-41-43-46-56-48-50(49-58-60(54,55)57-47-45-52)59-51(53)44-42-40-38-36-34-32-30-18-16-14-12-10-8-6-4-2/h20-21,50H,3-19,22-49,52H2,1-2H3,(H,54,55)/b21-20-. The molecule has 0 aromatic heterocycles. The molecule has 0 fully saturated rings. The first-order chi connectivity index (χ1) is 29.4. The molecule has 0 rings (SSSR count). The number of nitrogens with two attached hydrogens (primary N) is 1. The van der Waals surface area contributed by atoms with Crippen LogP contribution in [0.1, 0.15) is 271 Å². The average Bonchev–Trinajstić information content (AvgIpc) is 3.24. The van der Waals surface area contributed by atoms with Gasteiger partial charge in [-0.05, 0) is 38.5 Å². The SMILES string of the molecule is CCCCCCCCCC/C=C\CCCCCCCCCCCCCCCCOCC(COP(=O)(O)OCCN)OC(=O)CCCCCCCCCCCCCCCCC. The molecule has 9 heteroatoms. The Morgan fingerprint density at radius 2 is 0.833 bits per heavy atom. The van der Waals surface area contributed by atoms with Crippen molar-refractivity contribution in [3.63, 3.8) is 0 Å². The van der Waals surface area contributed by atoms with Gasteiger partial charge in [-0.25, -0.2) is 4.57 Å². The van der Waals surface area contributed by atoms with E-state index in [1.165, 1.54) is 218 Å². The molecule has 0 amide bonds. The predicted octanol–water partition coefficient (Wildman–Crippen LogP) is 16.2. The summed E-state index contributed by atoms with van der Waals surface area (Å²) in [5, 5.41) is 0. The number of esters is 1. The van der Waals surface area contributed by atoms with Crippen LogP contribution in [0.2, 0.25) is 0 Å². The fourth-order valence-corrected chi connectivity index (χ4v) is 8.58. The number of carbonyl (C=O) groups excluding carboxylic acids is 1. The highest BCUT2D eigenvalue weighted by Crippen LogP contribution is 2.43. The van der Waals surface area contributed by atoms with Crippen molar-refractivity contribution in [3.8, 4) is 0 Å². The van der Waals surface area contributed by atoms with Gasteiger partial charge < -0.3 is 20.1 Å². The largest absolute Gasteiger partial charge is 0.472 e. The lowest BCUT2D eigenvalue weighted by atomic mass is 10.0. The number of allylic oxidation sites excluding steroid dienone is 2. The molecule has 0 aliphatic heterocycles. The Hall–Kier alpha value is -0.760. The van der Waals surface area contributed by atoms with Crippen LogP contribution in [0.15, 0.2) is 12.2 Å². The van der Waals surface area contributed by atoms with E-state index in [-0.39, 0.29) is 32.3 Å². The molecule has 0 aliphatic carbocycles. The minimum absolute atomic E-state index is 0.0913. The second-order valence-corrected chi connectivity index (χ2v) is 19.2. The molecule has 0 aliphatic rings. The lowest BCUT2D eigenvalue weighted by molar-refractivity contribution is -0.154. The highest BCUT2D eigenvalue weighted by atomic mass is 31.2. The third-order valence-electron chi connectivity index (χ3n) is 11.7. The molecule has 0 heterocycles. The van der Waals surface area contributed by atoms with Crippen molar-refractivity contribution >= 4 is 13.8 Å². The first-order valence-electron chi connectivity index (χ1n) is 26.2. The molecule has 0 aromatic carbocycles. The van der Waals surface area contributed by atoms with Gasteiger partial charge in [-0.15, -0.1) is 0 Å². The fraction of sp³-hybridized carbons (Fsp3) is 0.941. The Labute approximate surface area is 373 Å². The monoisotopic (exact) mass is 872 g/mol. The molecule has 0 saturated carbocycles. The van der Waals surface area contributed by atoms with Crippen LogP contribution in [-0.2, 0) is 27.9 Å². The van der Waals surface area contributed by atoms with E-state index in [1.54, 1.807) is 0 Å². The van der Waals surface area contributed by atoms with Crippen molar-refractivity contribution in [1.29, 1.82) is 0 Å². The highest BCUT2D eigenvalue weighted by Gasteiger charge is 2.25. The Kier molecular flexibility index (Phi) is 48.6. The van der Waals surface area contributed by atoms with Crippen LogP contribution in [0, 0.1) is 0 Å². The maximum Gasteiger partial charge on any atom is 0.472 e. The van der Waals surface area contributed by atoms with Crippen LogP contribution in [0.4, 0.5) is 0 Å². The van der Waals surface area contributed by atoms with E-state index in [0.29, 0.717) is 13.0 Å². The molecule has 0 bridgehead atoms. The molecule has 8 nitrogen and oxygen atoms in total. The zero-order valence-electron chi connectivity index (χ0n) is 40.0. The van der Waals surface area contributed by atoms with Gasteiger partial charge in [0, 0.05) is 19.6 Å². The van der Waals surface area contributed by atoms with Crippen LogP contribution in [0.3, 0.4) is 0 Å². The van der Waals surface area contributed by atoms with Gasteiger partial charge >= 0.3 is 13.8 Å². The van der Waals surface area contributed by atoms with E-state index in [0.717, 1.165) is 32.1 Å². The van der Waals surface area contributed by atoms with E-state index in [1.807, 2.05) is 0 Å². The van der Waals surface area contributed by atoms with Gasteiger partial charge in [0.05, 0.1) is 19.8 Å². The summed E-state index contributed by atoms with van der Waals surface area (Å²) in [4.78, 5) is 22.6. The Morgan fingerprint density at radius 3 is 1.22 bits per heavy atom. The number of ether oxygens (including phenoxy) is 2. The second-order valence-electron chi connectivity index (χ2n) is 17.7. The first-order valence-corrected chi connectivity index (χ1v) is 27.7. The van der Waals surface area contributed by atoms with Crippen LogP contribution >= 0.6 is 7.82 Å². The number of carbonyl (C=O) groups is 1. The Bertz CT molecular complexity index is 935. The number of unbranched alkanes of at least 4 members (excludes halogenated alkanes) is 36. The van der Waals surface area contributed by atoms with Crippen molar-refractivity contribution in [3.05, 3.63) is 12.2 Å². The maximum atomic E-state index is 12.6. The fourth-order valence-electron chi connectivity index (χ4n) is 7.82. The molecule has 0 aromatic rings. The van der Waals surface area contributed by atoms with E-state index in [9.17, 15) is 14.3 Å². The Morgan fingerprint density at radius 1 is 0.483 bits per heavy atom. The molecule has 2 atom stereocenters. The molecule has 60 heavy (non-hydrogen) atoms. The third kappa shape index (κ3) is 48.3. The van der Waals surface area contributed by atoms with Crippen molar-refractivity contribution in [2.24, 2.45) is 5.73 Å². The van der Waals surface area contributed by atoms with E-state index in [2.05, 4.69) is 26.0 Å². The minimum atomic E-state index is -4.27. The summed E-state index contributed by atoms with van der Waals surface area (Å²) >= 11 is 0. The molecule has 2 unspecified atom stereocenters. The number of hydrogen-bond acceptors (Lipinski definition) is 7. The summed E-state index contributed by atoms with van der Waals surface area (Å²) in [6, 6.07) is 0. The summed E-state index contributed by atoms with van der Waals surface area (Å²) in [6.45, 7) is 4.99. The maximum absolute atomic E-state index is 12.6. The number of phosphoric acid groups is 1. The van der Waals surface area contributed by atoms with Gasteiger partial charge in [-0.2, -0.15) is 0 Å². The predicted molar refractivity (Wildman–Crippen MR) is 257 cm³/mol. The summed E-state index contributed by atoms with van der Waals surface area (Å²) in [7, 11) is -4.27. The summed E-state index contributed by atoms with van der Waals surface area (Å²) < 4.78 is 33.6. The van der Waals surface area contributed by atoms with E-state index >= 15 is 0 Å². The molecule has 0 saturated heterocycles. The molecule has 0 spiro atoms. The van der Waals surface area contributed by atoms with Gasteiger partial charge in [0.25, 0.3) is 0 Å². The first kappa shape index (κ1) is 59.2. The molecule has 0 radical (unpaired) electrons. The molecule has 358 valence electrons. The number of phosphoric ester groups is 1. The summed E-state index contributed by atoms with van der Waals surface area (Å²) in [5.74, 6) is -0.323. The van der Waals surface area contributed by atoms with Crippen LogP contribution in [0.25, 0.3) is 0 Å². The number of rotatable bonds is 51. The Balaban J connectivity index is 3.83. The van der Waals surface area contributed by atoms with E-state index < -0.39 is 13.9 Å². The minimum Gasteiger partial charge on any atom is -0.457 e.